The number of nitrogens with zero attached hydrogens (tertiary/aromatic N) is 2. The number of carbonyl (C=O) groups excluding carboxylic acids is 1. The second-order valence-electron chi connectivity index (χ2n) is 6.28. The molecule has 0 spiro atoms. The summed E-state index contributed by atoms with van der Waals surface area (Å²) in [4.78, 5) is 27.4. The van der Waals surface area contributed by atoms with Gasteiger partial charge in [0.1, 0.15) is 24.7 Å². The second kappa shape index (κ2) is 7.10. The van der Waals surface area contributed by atoms with E-state index >= 15 is 0 Å². The highest BCUT2D eigenvalue weighted by molar-refractivity contribution is 5.75. The summed E-state index contributed by atoms with van der Waals surface area (Å²) in [5.74, 6) is -0.125. The molecular formula is C15H24N4O4. The minimum atomic E-state index is -0.647. The monoisotopic (exact) mass is 324 g/mol. The molecule has 0 amide bonds. The molecule has 1 aliphatic rings. The maximum atomic E-state index is 11.9. The molecule has 8 nitrogen and oxygen atoms in total. The molecule has 0 bridgehead atoms. The molecule has 8 heteroatoms. The zero-order valence-electron chi connectivity index (χ0n) is 13.6. The van der Waals surface area contributed by atoms with Crippen LogP contribution in [0.3, 0.4) is 0 Å². The van der Waals surface area contributed by atoms with Crippen molar-refractivity contribution in [3.63, 3.8) is 0 Å². The number of nitrogen functional groups attached to an aromatic ring is 1. The zero-order valence-corrected chi connectivity index (χ0v) is 13.6. The van der Waals surface area contributed by atoms with Gasteiger partial charge >= 0.3 is 11.7 Å². The normalized spacial score (nSPS) is 25.5. The maximum Gasteiger partial charge on any atom is 0.351 e. The van der Waals surface area contributed by atoms with E-state index in [1.54, 1.807) is 12.3 Å². The molecule has 1 aliphatic heterocycles. The number of rotatable bonds is 5. The smallest absolute Gasteiger partial charge is 0.351 e. The molecule has 4 N–H and O–H groups in total. The fourth-order valence-corrected chi connectivity index (χ4v) is 2.42. The Kier molecular flexibility index (Phi) is 5.38. The highest BCUT2D eigenvalue weighted by Gasteiger charge is 2.35. The first kappa shape index (κ1) is 17.4. The molecule has 4 atom stereocenters. The Hall–Kier alpha value is -1.93. The van der Waals surface area contributed by atoms with Crippen molar-refractivity contribution in [3.8, 4) is 0 Å². The number of anilines is 1. The fraction of sp³-hybridized carbons (Fsp3) is 0.667. The van der Waals surface area contributed by atoms with E-state index in [-0.39, 0.29) is 30.4 Å². The summed E-state index contributed by atoms with van der Waals surface area (Å²) in [5.41, 5.74) is 10.8. The number of hydrogen-bond donors (Lipinski definition) is 2. The van der Waals surface area contributed by atoms with Crippen molar-refractivity contribution in [1.29, 1.82) is 0 Å². The Bertz CT molecular complexity index is 616. The first-order chi connectivity index (χ1) is 10.8. The van der Waals surface area contributed by atoms with Gasteiger partial charge in [0.2, 0.25) is 0 Å². The van der Waals surface area contributed by atoms with E-state index in [2.05, 4.69) is 4.98 Å². The maximum absolute atomic E-state index is 11.9. The first-order valence-electron chi connectivity index (χ1n) is 7.72. The summed E-state index contributed by atoms with van der Waals surface area (Å²) in [6, 6.07) is 0.899. The highest BCUT2D eigenvalue weighted by Crippen LogP contribution is 2.32. The standard InChI is InChI=1S/C15H24N4O4/c1-8(2)13(17)14(20)22-7-10-9(3)6-12(23-10)19-5-4-11(16)18-15(19)21/h4-5,8-10,12-13H,6-7,17H2,1-3H3,(H2,16,18,21)/t9?,10-,12-,13-/m0/s1. The third-order valence-corrected chi connectivity index (χ3v) is 4.08. The number of hydrogen-bond acceptors (Lipinski definition) is 7. The zero-order chi connectivity index (χ0) is 17.1. The van der Waals surface area contributed by atoms with Gasteiger partial charge in [-0.1, -0.05) is 20.8 Å². The van der Waals surface area contributed by atoms with Crippen LogP contribution >= 0.6 is 0 Å². The number of carbonyl (C=O) groups is 1. The Balaban J connectivity index is 1.96. The molecular weight excluding hydrogens is 300 g/mol. The summed E-state index contributed by atoms with van der Waals surface area (Å²) >= 11 is 0. The summed E-state index contributed by atoms with van der Waals surface area (Å²) in [7, 11) is 0. The second-order valence-corrected chi connectivity index (χ2v) is 6.28. The lowest BCUT2D eigenvalue weighted by Crippen LogP contribution is -2.38. The van der Waals surface area contributed by atoms with Gasteiger partial charge in [-0.05, 0) is 24.3 Å². The molecule has 23 heavy (non-hydrogen) atoms. The average Bonchev–Trinajstić information content (AvgIpc) is 2.84. The van der Waals surface area contributed by atoms with E-state index in [0.29, 0.717) is 6.42 Å². The predicted molar refractivity (Wildman–Crippen MR) is 84.4 cm³/mol. The Morgan fingerprint density at radius 3 is 2.87 bits per heavy atom. The summed E-state index contributed by atoms with van der Waals surface area (Å²) in [5, 5.41) is 0. The van der Waals surface area contributed by atoms with E-state index in [1.807, 2.05) is 20.8 Å². The number of ether oxygens (including phenoxy) is 2. The van der Waals surface area contributed by atoms with Crippen LogP contribution in [-0.4, -0.2) is 34.3 Å². The van der Waals surface area contributed by atoms with Crippen LogP contribution in [0.4, 0.5) is 5.82 Å². The first-order valence-corrected chi connectivity index (χ1v) is 7.72. The Morgan fingerprint density at radius 1 is 1.57 bits per heavy atom. The van der Waals surface area contributed by atoms with Gasteiger partial charge in [-0.15, -0.1) is 0 Å². The minimum Gasteiger partial charge on any atom is -0.462 e. The molecule has 0 aliphatic carbocycles. The molecule has 2 rings (SSSR count). The van der Waals surface area contributed by atoms with E-state index in [0.717, 1.165) is 0 Å². The number of nitrogens with two attached hydrogens (primary N) is 2. The van der Waals surface area contributed by atoms with Gasteiger partial charge in [0.15, 0.2) is 0 Å². The van der Waals surface area contributed by atoms with Crippen molar-refractivity contribution in [2.24, 2.45) is 17.6 Å². The lowest BCUT2D eigenvalue weighted by Gasteiger charge is -2.19. The van der Waals surface area contributed by atoms with Crippen molar-refractivity contribution in [2.45, 2.75) is 45.6 Å². The Labute approximate surface area is 134 Å². The van der Waals surface area contributed by atoms with Crippen LogP contribution in [0, 0.1) is 11.8 Å². The molecule has 1 unspecified atom stereocenters. The Morgan fingerprint density at radius 2 is 2.26 bits per heavy atom. The molecule has 1 aromatic rings. The van der Waals surface area contributed by atoms with Gasteiger partial charge in [-0.25, -0.2) is 4.79 Å². The topological polar surface area (TPSA) is 122 Å². The van der Waals surface area contributed by atoms with Crippen molar-refractivity contribution in [1.82, 2.24) is 9.55 Å². The van der Waals surface area contributed by atoms with Crippen molar-refractivity contribution in [2.75, 3.05) is 12.3 Å². The van der Waals surface area contributed by atoms with Crippen LogP contribution in [0.25, 0.3) is 0 Å². The summed E-state index contributed by atoms with van der Waals surface area (Å²) in [6.07, 6.45) is 1.47. The number of aromatic nitrogens is 2. The van der Waals surface area contributed by atoms with E-state index in [4.69, 9.17) is 20.9 Å². The molecule has 1 fully saturated rings. The SMILES string of the molecule is CC1C[C@@H](n2ccc(N)nc2=O)O[C@H]1COC(=O)[C@@H](N)C(C)C. The third-order valence-electron chi connectivity index (χ3n) is 4.08. The van der Waals surface area contributed by atoms with Crippen molar-refractivity contribution < 1.29 is 14.3 Å². The van der Waals surface area contributed by atoms with Crippen LogP contribution in [0.5, 0.6) is 0 Å². The molecule has 128 valence electrons. The summed E-state index contributed by atoms with van der Waals surface area (Å²) in [6.45, 7) is 5.82. The molecule has 2 heterocycles. The minimum absolute atomic E-state index is 0.0107. The van der Waals surface area contributed by atoms with Gasteiger partial charge in [0.05, 0.1) is 6.10 Å². The highest BCUT2D eigenvalue weighted by atomic mass is 16.6. The lowest BCUT2D eigenvalue weighted by molar-refractivity contribution is -0.151. The van der Waals surface area contributed by atoms with Crippen molar-refractivity contribution in [3.05, 3.63) is 22.7 Å². The average molecular weight is 324 g/mol. The molecule has 0 aromatic carbocycles. The third kappa shape index (κ3) is 4.08. The largest absolute Gasteiger partial charge is 0.462 e. The fourth-order valence-electron chi connectivity index (χ4n) is 2.42. The molecule has 1 saturated heterocycles. The van der Waals surface area contributed by atoms with Gasteiger partial charge < -0.3 is 20.9 Å². The van der Waals surface area contributed by atoms with Crippen LogP contribution in [0.15, 0.2) is 17.1 Å². The quantitative estimate of drug-likeness (QED) is 0.745. The van der Waals surface area contributed by atoms with Crippen LogP contribution < -0.4 is 17.2 Å². The van der Waals surface area contributed by atoms with Gasteiger partial charge in [0.25, 0.3) is 0 Å². The van der Waals surface area contributed by atoms with Crippen LogP contribution in [0.2, 0.25) is 0 Å². The summed E-state index contributed by atoms with van der Waals surface area (Å²) < 4.78 is 12.5. The number of esters is 1. The molecule has 0 radical (unpaired) electrons. The van der Waals surface area contributed by atoms with Crippen LogP contribution in [0.1, 0.15) is 33.4 Å². The molecule has 1 aromatic heterocycles. The lowest BCUT2D eigenvalue weighted by atomic mass is 10.0. The van der Waals surface area contributed by atoms with Crippen molar-refractivity contribution >= 4 is 11.8 Å². The van der Waals surface area contributed by atoms with Gasteiger partial charge in [-0.2, -0.15) is 4.98 Å². The van der Waals surface area contributed by atoms with Gasteiger partial charge in [-0.3, -0.25) is 9.36 Å². The predicted octanol–water partition coefficient (Wildman–Crippen LogP) is 0.276. The molecule has 0 saturated carbocycles. The van der Waals surface area contributed by atoms with E-state index < -0.39 is 23.9 Å². The van der Waals surface area contributed by atoms with E-state index in [9.17, 15) is 9.59 Å². The van der Waals surface area contributed by atoms with Crippen LogP contribution in [-0.2, 0) is 14.3 Å². The van der Waals surface area contributed by atoms with E-state index in [1.165, 1.54) is 4.57 Å². The van der Waals surface area contributed by atoms with Gasteiger partial charge in [0, 0.05) is 6.20 Å².